The highest BCUT2D eigenvalue weighted by atomic mass is 19.1. The summed E-state index contributed by atoms with van der Waals surface area (Å²) in [6.45, 7) is -0.0916. The molecule has 0 saturated heterocycles. The van der Waals surface area contributed by atoms with E-state index in [0.29, 0.717) is 17.5 Å². The van der Waals surface area contributed by atoms with Crippen LogP contribution in [0.25, 0.3) is 0 Å². The van der Waals surface area contributed by atoms with Crippen molar-refractivity contribution in [1.82, 2.24) is 0 Å². The highest BCUT2D eigenvalue weighted by molar-refractivity contribution is 5.27. The van der Waals surface area contributed by atoms with Crippen molar-refractivity contribution in [3.63, 3.8) is 0 Å². The van der Waals surface area contributed by atoms with Gasteiger partial charge in [-0.15, -0.1) is 0 Å². The molecule has 2 nitrogen and oxygen atoms in total. The molecule has 0 radical (unpaired) electrons. The fraction of sp³-hybridized carbons (Fsp3) is 0.455. The Bertz CT molecular complexity index is 345. The summed E-state index contributed by atoms with van der Waals surface area (Å²) in [5.41, 5.74) is 0.497. The van der Waals surface area contributed by atoms with Crippen molar-refractivity contribution in [2.24, 2.45) is 0 Å². The van der Waals surface area contributed by atoms with Crippen LogP contribution in [-0.4, -0.2) is 15.8 Å². The molecule has 0 bridgehead atoms. The summed E-state index contributed by atoms with van der Waals surface area (Å²) in [5, 5.41) is 18.5. The fourth-order valence-corrected chi connectivity index (χ4v) is 1.54. The quantitative estimate of drug-likeness (QED) is 0.766. The van der Waals surface area contributed by atoms with Crippen LogP contribution < -0.4 is 0 Å². The first-order chi connectivity index (χ1) is 6.63. The Labute approximate surface area is 82.0 Å². The molecule has 1 aromatic carbocycles. The van der Waals surface area contributed by atoms with Crippen molar-refractivity contribution in [3.8, 4) is 0 Å². The number of benzene rings is 1. The van der Waals surface area contributed by atoms with E-state index in [9.17, 15) is 9.50 Å². The van der Waals surface area contributed by atoms with Crippen molar-refractivity contribution in [2.45, 2.75) is 31.5 Å². The summed E-state index contributed by atoms with van der Waals surface area (Å²) in [6.07, 6.45) is 1.85. The minimum Gasteiger partial charge on any atom is -0.392 e. The van der Waals surface area contributed by atoms with Gasteiger partial charge in [-0.1, -0.05) is 12.1 Å². The molecule has 1 fully saturated rings. The van der Waals surface area contributed by atoms with Gasteiger partial charge >= 0.3 is 0 Å². The van der Waals surface area contributed by atoms with Crippen LogP contribution in [0, 0.1) is 5.82 Å². The van der Waals surface area contributed by atoms with Gasteiger partial charge in [-0.05, 0) is 30.0 Å². The molecule has 76 valence electrons. The lowest BCUT2D eigenvalue weighted by molar-refractivity contribution is 0.149. The van der Waals surface area contributed by atoms with Gasteiger partial charge in [0.15, 0.2) is 0 Å². The van der Waals surface area contributed by atoms with Crippen molar-refractivity contribution in [3.05, 3.63) is 35.1 Å². The smallest absolute Gasteiger partial charge is 0.126 e. The van der Waals surface area contributed by atoms with E-state index in [4.69, 9.17) is 5.11 Å². The molecule has 2 N–H and O–H groups in total. The Morgan fingerprint density at radius 2 is 2.07 bits per heavy atom. The maximum absolute atomic E-state index is 13.3. The van der Waals surface area contributed by atoms with Gasteiger partial charge in [-0.25, -0.2) is 4.39 Å². The number of halogens is 1. The number of aliphatic hydroxyl groups is 2. The zero-order valence-electron chi connectivity index (χ0n) is 7.83. The summed E-state index contributed by atoms with van der Waals surface area (Å²) >= 11 is 0. The monoisotopic (exact) mass is 196 g/mol. The molecule has 1 aliphatic carbocycles. The third kappa shape index (κ3) is 1.94. The van der Waals surface area contributed by atoms with E-state index < -0.39 is 5.60 Å². The van der Waals surface area contributed by atoms with Crippen LogP contribution in [0.15, 0.2) is 18.2 Å². The molecular formula is C11H13FO2. The van der Waals surface area contributed by atoms with Crippen molar-refractivity contribution in [1.29, 1.82) is 0 Å². The van der Waals surface area contributed by atoms with Gasteiger partial charge in [-0.2, -0.15) is 0 Å². The number of aliphatic hydroxyl groups excluding tert-OH is 1. The molecule has 0 spiro atoms. The Hall–Kier alpha value is -0.930. The summed E-state index contributed by atoms with van der Waals surface area (Å²) in [6, 6.07) is 4.51. The fourth-order valence-electron chi connectivity index (χ4n) is 1.54. The highest BCUT2D eigenvalue weighted by Gasteiger charge is 2.40. The van der Waals surface area contributed by atoms with Crippen LogP contribution >= 0.6 is 0 Å². The van der Waals surface area contributed by atoms with Crippen LogP contribution in [-0.2, 0) is 13.0 Å². The lowest BCUT2D eigenvalue weighted by Gasteiger charge is -2.09. The first-order valence-electron chi connectivity index (χ1n) is 4.73. The van der Waals surface area contributed by atoms with Crippen LogP contribution in [0.2, 0.25) is 0 Å². The zero-order valence-corrected chi connectivity index (χ0v) is 7.83. The molecule has 0 aliphatic heterocycles. The normalized spacial score (nSPS) is 18.2. The molecule has 1 saturated carbocycles. The molecule has 0 atom stereocenters. The lowest BCUT2D eigenvalue weighted by atomic mass is 10.0. The zero-order chi connectivity index (χ0) is 10.2. The van der Waals surface area contributed by atoms with Crippen LogP contribution in [0.3, 0.4) is 0 Å². The standard InChI is InChI=1S/C11H13FO2/c12-10-2-1-8(7-13)5-9(10)6-11(14)3-4-11/h1-2,5,13-14H,3-4,6-7H2. The highest BCUT2D eigenvalue weighted by Crippen LogP contribution is 2.38. The summed E-state index contributed by atoms with van der Waals surface area (Å²) in [7, 11) is 0. The van der Waals surface area contributed by atoms with E-state index in [1.54, 1.807) is 12.1 Å². The molecule has 1 aromatic rings. The maximum Gasteiger partial charge on any atom is 0.126 e. The van der Waals surface area contributed by atoms with Gasteiger partial charge in [-0.3, -0.25) is 0 Å². The van der Waals surface area contributed by atoms with E-state index >= 15 is 0 Å². The molecule has 0 amide bonds. The molecule has 2 rings (SSSR count). The third-order valence-corrected chi connectivity index (χ3v) is 2.64. The average Bonchev–Trinajstić information content (AvgIpc) is 2.88. The molecule has 1 aliphatic rings. The second kappa shape index (κ2) is 3.33. The van der Waals surface area contributed by atoms with E-state index in [0.717, 1.165) is 12.8 Å². The molecule has 0 aromatic heterocycles. The van der Waals surface area contributed by atoms with Crippen molar-refractivity contribution in [2.75, 3.05) is 0 Å². The number of hydrogen-bond donors (Lipinski definition) is 2. The van der Waals surface area contributed by atoms with Gasteiger partial charge < -0.3 is 10.2 Å². The van der Waals surface area contributed by atoms with Gasteiger partial charge in [0, 0.05) is 6.42 Å². The van der Waals surface area contributed by atoms with E-state index in [2.05, 4.69) is 0 Å². The minimum atomic E-state index is -0.686. The van der Waals surface area contributed by atoms with E-state index in [1.165, 1.54) is 6.07 Å². The third-order valence-electron chi connectivity index (χ3n) is 2.64. The average molecular weight is 196 g/mol. The first kappa shape index (κ1) is 9.62. The van der Waals surface area contributed by atoms with Gasteiger partial charge in [0.05, 0.1) is 12.2 Å². The minimum absolute atomic E-state index is 0.0916. The summed E-state index contributed by atoms with van der Waals surface area (Å²) in [4.78, 5) is 0. The second-order valence-corrected chi connectivity index (χ2v) is 3.98. The number of rotatable bonds is 3. The second-order valence-electron chi connectivity index (χ2n) is 3.98. The lowest BCUT2D eigenvalue weighted by Crippen LogP contribution is -2.12. The predicted octanol–water partition coefficient (Wildman–Crippen LogP) is 1.39. The largest absolute Gasteiger partial charge is 0.392 e. The number of hydrogen-bond acceptors (Lipinski definition) is 2. The molecule has 14 heavy (non-hydrogen) atoms. The summed E-state index contributed by atoms with van der Waals surface area (Å²) in [5.74, 6) is -0.303. The van der Waals surface area contributed by atoms with Crippen LogP contribution in [0.1, 0.15) is 24.0 Å². The van der Waals surface area contributed by atoms with E-state index in [-0.39, 0.29) is 12.4 Å². The first-order valence-corrected chi connectivity index (χ1v) is 4.73. The molecule has 3 heteroatoms. The molecular weight excluding hydrogens is 183 g/mol. The van der Waals surface area contributed by atoms with Crippen LogP contribution in [0.5, 0.6) is 0 Å². The maximum atomic E-state index is 13.3. The predicted molar refractivity (Wildman–Crippen MR) is 50.2 cm³/mol. The van der Waals surface area contributed by atoms with E-state index in [1.807, 2.05) is 0 Å². The molecule has 0 heterocycles. The van der Waals surface area contributed by atoms with Crippen LogP contribution in [0.4, 0.5) is 4.39 Å². The van der Waals surface area contributed by atoms with Crippen molar-refractivity contribution < 1.29 is 14.6 Å². The Kier molecular flexibility index (Phi) is 2.29. The topological polar surface area (TPSA) is 40.5 Å². The van der Waals surface area contributed by atoms with Gasteiger partial charge in [0.2, 0.25) is 0 Å². The van der Waals surface area contributed by atoms with Crippen molar-refractivity contribution >= 4 is 0 Å². The molecule has 0 unspecified atom stereocenters. The SMILES string of the molecule is OCc1ccc(F)c(CC2(O)CC2)c1. The summed E-state index contributed by atoms with van der Waals surface area (Å²) < 4.78 is 13.3. The Morgan fingerprint density at radius 3 is 2.64 bits per heavy atom. The van der Waals surface area contributed by atoms with Gasteiger partial charge in [0.25, 0.3) is 0 Å². The van der Waals surface area contributed by atoms with Gasteiger partial charge in [0.1, 0.15) is 5.82 Å². The Morgan fingerprint density at radius 1 is 1.36 bits per heavy atom. The Balaban J connectivity index is 2.22.